The van der Waals surface area contributed by atoms with Crippen LogP contribution >= 0.6 is 0 Å². The van der Waals surface area contributed by atoms with Crippen molar-refractivity contribution in [1.29, 1.82) is 0 Å². The SMILES string of the molecule is CCOc1ccc(F)cc1C(C)NC(=O)N(C)S(=O)(=O)c1ccccc1. The lowest BCUT2D eigenvalue weighted by Gasteiger charge is -2.22. The average Bonchev–Trinajstić information content (AvgIpc) is 2.63. The summed E-state index contributed by atoms with van der Waals surface area (Å²) in [5, 5.41) is 2.56. The Labute approximate surface area is 152 Å². The Morgan fingerprint density at radius 3 is 2.50 bits per heavy atom. The number of carbonyl (C=O) groups excluding carboxylic acids is 1. The molecule has 2 rings (SSSR count). The number of hydrogen-bond donors (Lipinski definition) is 1. The average molecular weight is 380 g/mol. The van der Waals surface area contributed by atoms with Crippen LogP contribution in [0.5, 0.6) is 5.75 Å². The molecule has 2 aromatic carbocycles. The normalized spacial score (nSPS) is 12.3. The molecule has 0 saturated carbocycles. The van der Waals surface area contributed by atoms with E-state index in [9.17, 15) is 17.6 Å². The van der Waals surface area contributed by atoms with Gasteiger partial charge >= 0.3 is 6.03 Å². The van der Waals surface area contributed by atoms with E-state index in [0.717, 1.165) is 0 Å². The second kappa shape index (κ2) is 8.18. The van der Waals surface area contributed by atoms with Gasteiger partial charge in [0.15, 0.2) is 0 Å². The van der Waals surface area contributed by atoms with E-state index in [1.165, 1.54) is 37.4 Å². The molecule has 2 amide bonds. The number of halogens is 1. The zero-order valence-electron chi connectivity index (χ0n) is 14.8. The summed E-state index contributed by atoms with van der Waals surface area (Å²) in [6, 6.07) is 10.1. The molecular formula is C18H21FN2O4S. The van der Waals surface area contributed by atoms with Gasteiger partial charge < -0.3 is 10.1 Å². The van der Waals surface area contributed by atoms with Crippen molar-refractivity contribution in [2.75, 3.05) is 13.7 Å². The van der Waals surface area contributed by atoms with Crippen LogP contribution in [-0.4, -0.2) is 32.4 Å². The molecule has 2 aromatic rings. The van der Waals surface area contributed by atoms with E-state index in [4.69, 9.17) is 4.74 Å². The van der Waals surface area contributed by atoms with Crippen LogP contribution in [0.25, 0.3) is 0 Å². The Morgan fingerprint density at radius 1 is 1.23 bits per heavy atom. The molecule has 140 valence electrons. The minimum absolute atomic E-state index is 0.00561. The number of sulfonamides is 1. The number of amides is 2. The Hall–Kier alpha value is -2.61. The predicted molar refractivity (Wildman–Crippen MR) is 95.9 cm³/mol. The fourth-order valence-corrected chi connectivity index (χ4v) is 3.45. The summed E-state index contributed by atoms with van der Waals surface area (Å²) >= 11 is 0. The topological polar surface area (TPSA) is 75.7 Å². The maximum absolute atomic E-state index is 13.6. The summed E-state index contributed by atoms with van der Waals surface area (Å²) in [6.07, 6.45) is 0. The minimum atomic E-state index is -3.98. The van der Waals surface area contributed by atoms with Crippen LogP contribution < -0.4 is 10.1 Å². The van der Waals surface area contributed by atoms with Gasteiger partial charge in [0.1, 0.15) is 11.6 Å². The molecule has 1 unspecified atom stereocenters. The molecule has 0 radical (unpaired) electrons. The van der Waals surface area contributed by atoms with Gasteiger partial charge in [-0.3, -0.25) is 0 Å². The van der Waals surface area contributed by atoms with Crippen LogP contribution in [0.3, 0.4) is 0 Å². The molecule has 8 heteroatoms. The Morgan fingerprint density at radius 2 is 1.88 bits per heavy atom. The first-order chi connectivity index (χ1) is 12.3. The maximum atomic E-state index is 13.6. The summed E-state index contributed by atoms with van der Waals surface area (Å²) in [6.45, 7) is 3.79. The van der Waals surface area contributed by atoms with Gasteiger partial charge in [-0.25, -0.2) is 21.9 Å². The highest BCUT2D eigenvalue weighted by molar-refractivity contribution is 7.89. The fraction of sp³-hybridized carbons (Fsp3) is 0.278. The first-order valence-corrected chi connectivity index (χ1v) is 9.48. The quantitative estimate of drug-likeness (QED) is 0.834. The van der Waals surface area contributed by atoms with Crippen LogP contribution in [0.4, 0.5) is 9.18 Å². The van der Waals surface area contributed by atoms with Gasteiger partial charge in [0.25, 0.3) is 10.0 Å². The van der Waals surface area contributed by atoms with Crippen LogP contribution in [0, 0.1) is 5.82 Å². The largest absolute Gasteiger partial charge is 0.494 e. The van der Waals surface area contributed by atoms with Crippen molar-refractivity contribution in [3.63, 3.8) is 0 Å². The molecular weight excluding hydrogens is 359 g/mol. The third-order valence-corrected chi connectivity index (χ3v) is 5.52. The minimum Gasteiger partial charge on any atom is -0.494 e. The standard InChI is InChI=1S/C18H21FN2O4S/c1-4-25-17-11-10-14(19)12-16(17)13(2)20-18(22)21(3)26(23,24)15-8-6-5-7-9-15/h5-13H,4H2,1-3H3,(H,20,22). The molecule has 1 N–H and O–H groups in total. The first kappa shape index (κ1) is 19.7. The van der Waals surface area contributed by atoms with E-state index in [2.05, 4.69) is 5.32 Å². The highest BCUT2D eigenvalue weighted by Crippen LogP contribution is 2.26. The lowest BCUT2D eigenvalue weighted by atomic mass is 10.1. The van der Waals surface area contributed by atoms with Crippen LogP contribution in [0.1, 0.15) is 25.5 Å². The van der Waals surface area contributed by atoms with Gasteiger partial charge in [-0.1, -0.05) is 18.2 Å². The highest BCUT2D eigenvalue weighted by Gasteiger charge is 2.27. The molecule has 0 spiro atoms. The third kappa shape index (κ3) is 4.32. The summed E-state index contributed by atoms with van der Waals surface area (Å²) < 4.78 is 44.6. The third-order valence-electron chi connectivity index (χ3n) is 3.77. The van der Waals surface area contributed by atoms with Crippen molar-refractivity contribution in [1.82, 2.24) is 9.62 Å². The molecule has 0 saturated heterocycles. The van der Waals surface area contributed by atoms with Crippen molar-refractivity contribution in [2.45, 2.75) is 24.8 Å². The molecule has 6 nitrogen and oxygen atoms in total. The van der Waals surface area contributed by atoms with Crippen LogP contribution in [0.2, 0.25) is 0 Å². The van der Waals surface area contributed by atoms with Crippen molar-refractivity contribution in [2.24, 2.45) is 0 Å². The lowest BCUT2D eigenvalue weighted by Crippen LogP contribution is -2.42. The highest BCUT2D eigenvalue weighted by atomic mass is 32.2. The van der Waals surface area contributed by atoms with Crippen molar-refractivity contribution in [3.05, 3.63) is 59.9 Å². The monoisotopic (exact) mass is 380 g/mol. The number of carbonyl (C=O) groups is 1. The van der Waals surface area contributed by atoms with E-state index < -0.39 is 27.9 Å². The van der Waals surface area contributed by atoms with Gasteiger partial charge in [0.05, 0.1) is 17.5 Å². The Kier molecular flexibility index (Phi) is 6.20. The van der Waals surface area contributed by atoms with E-state index in [1.807, 2.05) is 0 Å². The zero-order valence-corrected chi connectivity index (χ0v) is 15.6. The summed E-state index contributed by atoms with van der Waals surface area (Å²) in [4.78, 5) is 12.4. The zero-order chi connectivity index (χ0) is 19.3. The van der Waals surface area contributed by atoms with E-state index >= 15 is 0 Å². The molecule has 26 heavy (non-hydrogen) atoms. The molecule has 0 aromatic heterocycles. The maximum Gasteiger partial charge on any atom is 0.331 e. The molecule has 0 bridgehead atoms. The summed E-state index contributed by atoms with van der Waals surface area (Å²) in [5.41, 5.74) is 0.422. The van der Waals surface area contributed by atoms with E-state index in [-0.39, 0.29) is 4.90 Å². The van der Waals surface area contributed by atoms with Crippen LogP contribution in [-0.2, 0) is 10.0 Å². The Balaban J connectivity index is 2.20. The second-order valence-corrected chi connectivity index (χ2v) is 7.54. The fourth-order valence-electron chi connectivity index (χ4n) is 2.36. The molecule has 0 aliphatic carbocycles. The molecule has 0 aliphatic heterocycles. The molecule has 0 heterocycles. The smallest absolute Gasteiger partial charge is 0.331 e. The number of ether oxygens (including phenoxy) is 1. The molecule has 1 atom stereocenters. The van der Waals surface area contributed by atoms with E-state index in [1.54, 1.807) is 32.0 Å². The van der Waals surface area contributed by atoms with Gasteiger partial charge in [0.2, 0.25) is 0 Å². The number of nitrogens with zero attached hydrogens (tertiary/aromatic N) is 1. The number of hydrogen-bond acceptors (Lipinski definition) is 4. The molecule has 0 fully saturated rings. The van der Waals surface area contributed by atoms with Gasteiger partial charge in [0, 0.05) is 12.6 Å². The van der Waals surface area contributed by atoms with Crippen molar-refractivity contribution >= 4 is 16.1 Å². The predicted octanol–water partition coefficient (Wildman–Crippen LogP) is 3.32. The van der Waals surface area contributed by atoms with Crippen LogP contribution in [0.15, 0.2) is 53.4 Å². The first-order valence-electron chi connectivity index (χ1n) is 8.04. The van der Waals surface area contributed by atoms with E-state index in [0.29, 0.717) is 22.2 Å². The Bertz CT molecular complexity index is 872. The van der Waals surface area contributed by atoms with Crippen molar-refractivity contribution in [3.8, 4) is 5.75 Å². The summed E-state index contributed by atoms with van der Waals surface area (Å²) in [7, 11) is -2.81. The number of urea groups is 1. The van der Waals surface area contributed by atoms with Gasteiger partial charge in [-0.05, 0) is 44.2 Å². The number of benzene rings is 2. The van der Waals surface area contributed by atoms with Crippen molar-refractivity contribution < 1.29 is 22.3 Å². The lowest BCUT2D eigenvalue weighted by molar-refractivity contribution is 0.224. The number of rotatable bonds is 6. The van der Waals surface area contributed by atoms with Gasteiger partial charge in [-0.15, -0.1) is 0 Å². The van der Waals surface area contributed by atoms with Gasteiger partial charge in [-0.2, -0.15) is 0 Å². The number of nitrogens with one attached hydrogen (secondary N) is 1. The molecule has 0 aliphatic rings. The summed E-state index contributed by atoms with van der Waals surface area (Å²) in [5.74, 6) is -0.0508. The second-order valence-electron chi connectivity index (χ2n) is 5.57.